The van der Waals surface area contributed by atoms with Crippen LogP contribution in [0.4, 0.5) is 0 Å². The van der Waals surface area contributed by atoms with E-state index in [4.69, 9.17) is 9.47 Å². The molecular weight excluding hydrogens is 989 g/mol. The Balaban J connectivity index is 1.24. The molecule has 0 saturated carbocycles. The van der Waals surface area contributed by atoms with Crippen molar-refractivity contribution >= 4 is 102 Å². The zero-order valence-electron chi connectivity index (χ0n) is 33.7. The number of ketones is 2. The predicted octanol–water partition coefficient (Wildman–Crippen LogP) is 11.1. The molecule has 0 aliphatic rings. The molecule has 0 fully saturated rings. The number of nitrogens with zero attached hydrogens (tertiary/aromatic N) is 2. The number of hydrogen-bond acceptors (Lipinski definition) is 10. The van der Waals surface area contributed by atoms with Crippen LogP contribution in [0.5, 0.6) is 0 Å². The molecule has 0 aliphatic carbocycles. The number of carbonyl (C=O) groups excluding carboxylic acids is 4. The minimum absolute atomic E-state index is 0.0556. The molecule has 7 aromatic rings. The lowest BCUT2D eigenvalue weighted by molar-refractivity contribution is -0.598. The molecule has 0 N–H and O–H groups in total. The molecule has 0 spiro atoms. The highest BCUT2D eigenvalue weighted by atomic mass is 79.9. The lowest BCUT2D eigenvalue weighted by atomic mass is 10.0. The molecular formula is C48H40Br2N2O6S4+2. The SMILES string of the molecule is CCOC(=O)Cc1c(C(=O)c2ccc(Br)cc2)sc(SCc2ccccc2CSc2sc(C(=O)c3ccc(Br)cc3)c(CC(=O)OCC)c2-[n+]2ccccc2)c1-[n+]1ccccc1. The van der Waals surface area contributed by atoms with E-state index in [1.165, 1.54) is 22.7 Å². The number of esters is 2. The van der Waals surface area contributed by atoms with E-state index in [0.29, 0.717) is 43.5 Å². The molecule has 14 heteroatoms. The topological polar surface area (TPSA) is 94.5 Å². The summed E-state index contributed by atoms with van der Waals surface area (Å²) in [6.45, 7) is 4.01. The second-order valence-corrected chi connectivity index (χ2v) is 20.0. The van der Waals surface area contributed by atoms with Gasteiger partial charge in [-0.3, -0.25) is 19.2 Å². The van der Waals surface area contributed by atoms with Crippen molar-refractivity contribution in [3.63, 3.8) is 0 Å². The number of pyridine rings is 2. The number of thiophene rings is 2. The first kappa shape index (κ1) is 45.3. The molecule has 314 valence electrons. The summed E-state index contributed by atoms with van der Waals surface area (Å²) in [5.41, 5.74) is 6.05. The monoisotopic (exact) mass is 1030 g/mol. The van der Waals surface area contributed by atoms with Crippen LogP contribution in [0.25, 0.3) is 11.4 Å². The summed E-state index contributed by atoms with van der Waals surface area (Å²) < 4.78 is 18.3. The molecule has 8 nitrogen and oxygen atoms in total. The summed E-state index contributed by atoms with van der Waals surface area (Å²) in [5, 5.41) is 0. The third kappa shape index (κ3) is 10.9. The standard InChI is InChI=1S/C48H40Br2N2O6S4/c1-3-57-39(53)27-37-41(51-23-9-5-10-24-51)47(61-45(37)43(55)31-15-19-35(49)20-16-31)59-29-33-13-7-8-14-34(33)30-60-48-42(52-25-11-6-12-26-52)38(28-40(54)58-4-2)46(62-48)44(56)32-17-21-36(50)22-18-32/h5-26H,3-4,27-30H2,1-2H3/q+2. The zero-order chi connectivity index (χ0) is 43.6. The number of halogens is 2. The number of aromatic nitrogens is 2. The first-order chi connectivity index (χ1) is 30.1. The average molecular weight is 1030 g/mol. The molecule has 0 aliphatic heterocycles. The van der Waals surface area contributed by atoms with Crippen molar-refractivity contribution in [3.8, 4) is 11.4 Å². The van der Waals surface area contributed by atoms with Crippen LogP contribution in [0.3, 0.4) is 0 Å². The zero-order valence-corrected chi connectivity index (χ0v) is 40.1. The third-order valence-corrected chi connectivity index (χ3v) is 15.7. The van der Waals surface area contributed by atoms with E-state index < -0.39 is 11.9 Å². The van der Waals surface area contributed by atoms with E-state index in [9.17, 15) is 19.2 Å². The maximum absolute atomic E-state index is 14.2. The van der Waals surface area contributed by atoms with Gasteiger partial charge in [-0.25, -0.2) is 0 Å². The quantitative estimate of drug-likeness (QED) is 0.0363. The van der Waals surface area contributed by atoms with Crippen molar-refractivity contribution in [1.82, 2.24) is 0 Å². The Labute approximate surface area is 393 Å². The second kappa shape index (κ2) is 21.6. The van der Waals surface area contributed by atoms with Crippen molar-refractivity contribution in [3.05, 3.63) is 186 Å². The molecule has 0 saturated heterocycles. The largest absolute Gasteiger partial charge is 0.466 e. The average Bonchev–Trinajstić information content (AvgIpc) is 3.83. The van der Waals surface area contributed by atoms with Gasteiger partial charge < -0.3 is 9.47 Å². The van der Waals surface area contributed by atoms with Gasteiger partial charge in [0.2, 0.25) is 22.9 Å². The Morgan fingerprint density at radius 2 is 0.903 bits per heavy atom. The van der Waals surface area contributed by atoms with Crippen molar-refractivity contribution in [1.29, 1.82) is 0 Å². The number of ether oxygens (including phenoxy) is 2. The molecule has 62 heavy (non-hydrogen) atoms. The van der Waals surface area contributed by atoms with Crippen molar-refractivity contribution in [2.24, 2.45) is 0 Å². The van der Waals surface area contributed by atoms with E-state index >= 15 is 0 Å². The van der Waals surface area contributed by atoms with Crippen LogP contribution in [0, 0.1) is 0 Å². The molecule has 3 aromatic carbocycles. The number of carbonyl (C=O) groups is 4. The smallest absolute Gasteiger partial charge is 0.310 e. The second-order valence-electron chi connectivity index (χ2n) is 13.6. The van der Waals surface area contributed by atoms with Gasteiger partial charge in [0, 0.05) is 55.8 Å². The molecule has 4 aromatic heterocycles. The first-order valence-electron chi connectivity index (χ1n) is 19.6. The van der Waals surface area contributed by atoms with Crippen LogP contribution in [-0.4, -0.2) is 36.7 Å². The Hall–Kier alpha value is -4.70. The summed E-state index contributed by atoms with van der Waals surface area (Å²) in [6, 6.07) is 34.3. The van der Waals surface area contributed by atoms with Gasteiger partial charge in [0.25, 0.3) is 0 Å². The molecule has 0 bridgehead atoms. The minimum Gasteiger partial charge on any atom is -0.466 e. The fraction of sp³-hybridized carbons (Fsp3) is 0.167. The van der Waals surface area contributed by atoms with Crippen LogP contribution in [0.1, 0.15) is 66.6 Å². The van der Waals surface area contributed by atoms with Crippen LogP contribution in [0.2, 0.25) is 0 Å². The molecule has 0 radical (unpaired) electrons. The Morgan fingerprint density at radius 3 is 1.26 bits per heavy atom. The number of benzene rings is 3. The minimum atomic E-state index is -0.402. The molecule has 0 amide bonds. The van der Waals surface area contributed by atoms with Crippen molar-refractivity contribution < 1.29 is 37.8 Å². The normalized spacial score (nSPS) is 11.0. The first-order valence-corrected chi connectivity index (χ1v) is 24.8. The summed E-state index contributed by atoms with van der Waals surface area (Å²) in [5.74, 6) is 0.0302. The maximum atomic E-state index is 14.2. The number of rotatable bonds is 18. The maximum Gasteiger partial charge on any atom is 0.310 e. The van der Waals surface area contributed by atoms with Gasteiger partial charge >= 0.3 is 11.9 Å². The lowest BCUT2D eigenvalue weighted by Crippen LogP contribution is -2.31. The van der Waals surface area contributed by atoms with E-state index in [2.05, 4.69) is 44.0 Å². The van der Waals surface area contributed by atoms with Crippen LogP contribution in [0.15, 0.2) is 151 Å². The van der Waals surface area contributed by atoms with Crippen LogP contribution >= 0.6 is 78.1 Å². The lowest BCUT2D eigenvalue weighted by Gasteiger charge is -2.09. The van der Waals surface area contributed by atoms with Gasteiger partial charge in [0.05, 0.1) is 46.9 Å². The summed E-state index contributed by atoms with van der Waals surface area (Å²) in [7, 11) is 0. The predicted molar refractivity (Wildman–Crippen MR) is 253 cm³/mol. The highest BCUT2D eigenvalue weighted by Crippen LogP contribution is 2.43. The molecule has 0 unspecified atom stereocenters. The fourth-order valence-corrected chi connectivity index (χ4v) is 12.4. The fourth-order valence-electron chi connectivity index (χ4n) is 6.68. The summed E-state index contributed by atoms with van der Waals surface area (Å²) >= 11 is 13.0. The highest BCUT2D eigenvalue weighted by Gasteiger charge is 2.33. The van der Waals surface area contributed by atoms with Gasteiger partial charge in [-0.1, -0.05) is 68.3 Å². The Kier molecular flexibility index (Phi) is 15.8. The van der Waals surface area contributed by atoms with Crippen molar-refractivity contribution in [2.75, 3.05) is 13.2 Å². The number of hydrogen-bond donors (Lipinski definition) is 0. The molecule has 0 atom stereocenters. The van der Waals surface area contributed by atoms with Gasteiger partial charge in [0.15, 0.2) is 24.8 Å². The molecule has 7 rings (SSSR count). The highest BCUT2D eigenvalue weighted by molar-refractivity contribution is 9.10. The summed E-state index contributed by atoms with van der Waals surface area (Å²) in [4.78, 5) is 55.7. The van der Waals surface area contributed by atoms with Crippen LogP contribution in [-0.2, 0) is 43.4 Å². The Bertz CT molecular complexity index is 2520. The Morgan fingerprint density at radius 1 is 0.532 bits per heavy atom. The van der Waals surface area contributed by atoms with E-state index in [1.54, 1.807) is 61.6 Å². The van der Waals surface area contributed by atoms with Gasteiger partial charge in [-0.2, -0.15) is 9.13 Å². The molecule has 4 heterocycles. The van der Waals surface area contributed by atoms with E-state index in [-0.39, 0.29) is 37.6 Å². The van der Waals surface area contributed by atoms with E-state index in [0.717, 1.165) is 39.9 Å². The van der Waals surface area contributed by atoms with E-state index in [1.807, 2.05) is 107 Å². The van der Waals surface area contributed by atoms with Crippen LogP contribution < -0.4 is 9.13 Å². The van der Waals surface area contributed by atoms with Crippen molar-refractivity contribution in [2.45, 2.75) is 46.6 Å². The van der Waals surface area contributed by atoms with Gasteiger partial charge in [-0.05, 0) is 73.5 Å². The van der Waals surface area contributed by atoms with Gasteiger partial charge in [0.1, 0.15) is 8.42 Å². The summed E-state index contributed by atoms with van der Waals surface area (Å²) in [6.07, 6.45) is 7.59. The number of thioether (sulfide) groups is 2. The van der Waals surface area contributed by atoms with Gasteiger partial charge in [-0.15, -0.1) is 46.2 Å². The third-order valence-electron chi connectivity index (χ3n) is 9.56.